The van der Waals surface area contributed by atoms with Crippen LogP contribution >= 0.6 is 0 Å². The van der Waals surface area contributed by atoms with Crippen LogP contribution in [0.2, 0.25) is 0 Å². The van der Waals surface area contributed by atoms with Gasteiger partial charge in [0.05, 0.1) is 11.3 Å². The lowest BCUT2D eigenvalue weighted by molar-refractivity contribution is -0.385. The predicted octanol–water partition coefficient (Wildman–Crippen LogP) is 2.08. The van der Waals surface area contributed by atoms with E-state index < -0.39 is 41.3 Å². The van der Waals surface area contributed by atoms with E-state index in [4.69, 9.17) is 5.11 Å². The van der Waals surface area contributed by atoms with Gasteiger partial charge in [0.2, 0.25) is 0 Å². The molecule has 0 aliphatic carbocycles. The highest BCUT2D eigenvalue weighted by Crippen LogP contribution is 2.24. The molecule has 110 valence electrons. The average molecular weight is 293 g/mol. The molecule has 0 atom stereocenters. The number of anilines is 1. The summed E-state index contributed by atoms with van der Waals surface area (Å²) in [6, 6.07) is 0.759. The Kier molecular flexibility index (Phi) is 4.48. The van der Waals surface area contributed by atoms with Gasteiger partial charge >= 0.3 is 12.1 Å². The summed E-state index contributed by atoms with van der Waals surface area (Å²) in [6.45, 7) is -0.505. The molecule has 0 aliphatic rings. The Hall–Kier alpha value is -2.39. The molecule has 0 aromatic carbocycles. The van der Waals surface area contributed by atoms with E-state index in [1.807, 2.05) is 0 Å². The third-order valence-corrected chi connectivity index (χ3v) is 2.39. The average Bonchev–Trinajstić information content (AvgIpc) is 2.34. The highest BCUT2D eigenvalue weighted by molar-refractivity contribution is 5.94. The highest BCUT2D eigenvalue weighted by atomic mass is 19.4. The van der Waals surface area contributed by atoms with E-state index in [1.165, 1.54) is 7.05 Å². The van der Waals surface area contributed by atoms with Crippen molar-refractivity contribution in [2.24, 2.45) is 0 Å². The van der Waals surface area contributed by atoms with E-state index in [0.29, 0.717) is 0 Å². The molecule has 0 saturated heterocycles. The van der Waals surface area contributed by atoms with E-state index in [-0.39, 0.29) is 5.82 Å². The van der Waals surface area contributed by atoms with Crippen molar-refractivity contribution in [3.05, 3.63) is 27.9 Å². The third-order valence-electron chi connectivity index (χ3n) is 2.39. The van der Waals surface area contributed by atoms with Crippen LogP contribution in [0.3, 0.4) is 0 Å². The molecule has 1 N–H and O–H groups in total. The Bertz CT molecular complexity index is 533. The number of aromatic carboxylic acids is 1. The van der Waals surface area contributed by atoms with Crippen LogP contribution in [0.25, 0.3) is 0 Å². The quantitative estimate of drug-likeness (QED) is 0.659. The Morgan fingerprint density at radius 1 is 1.55 bits per heavy atom. The molecule has 0 saturated carbocycles. The molecule has 0 unspecified atom stereocenters. The zero-order chi connectivity index (χ0) is 15.5. The smallest absolute Gasteiger partial charge is 0.390 e. The maximum atomic E-state index is 12.1. The molecular formula is C10H10F3N3O4. The highest BCUT2D eigenvalue weighted by Gasteiger charge is 2.28. The number of carboxylic acids is 1. The van der Waals surface area contributed by atoms with Crippen LogP contribution in [0.5, 0.6) is 0 Å². The van der Waals surface area contributed by atoms with Crippen LogP contribution in [0.15, 0.2) is 12.3 Å². The second-order valence-electron chi connectivity index (χ2n) is 3.91. The van der Waals surface area contributed by atoms with Crippen LogP contribution in [0.1, 0.15) is 16.8 Å². The van der Waals surface area contributed by atoms with E-state index in [0.717, 1.165) is 17.2 Å². The van der Waals surface area contributed by atoms with Gasteiger partial charge in [0.15, 0.2) is 0 Å². The summed E-state index contributed by atoms with van der Waals surface area (Å²) in [5.74, 6) is -1.76. The van der Waals surface area contributed by atoms with Gasteiger partial charge in [-0.3, -0.25) is 10.1 Å². The molecule has 0 aliphatic heterocycles. The van der Waals surface area contributed by atoms with Crippen LogP contribution in [-0.4, -0.2) is 40.8 Å². The minimum absolute atomic E-state index is 0.257. The molecule has 20 heavy (non-hydrogen) atoms. The fraction of sp³-hybridized carbons (Fsp3) is 0.400. The minimum Gasteiger partial charge on any atom is -0.478 e. The fourth-order valence-corrected chi connectivity index (χ4v) is 1.41. The lowest BCUT2D eigenvalue weighted by Gasteiger charge is -2.20. The Morgan fingerprint density at radius 3 is 2.60 bits per heavy atom. The van der Waals surface area contributed by atoms with Crippen molar-refractivity contribution in [3.63, 3.8) is 0 Å². The van der Waals surface area contributed by atoms with Gasteiger partial charge in [-0.2, -0.15) is 13.2 Å². The summed E-state index contributed by atoms with van der Waals surface area (Å²) < 4.78 is 36.3. The summed E-state index contributed by atoms with van der Waals surface area (Å²) >= 11 is 0. The number of rotatable bonds is 5. The third kappa shape index (κ3) is 4.07. The predicted molar refractivity (Wildman–Crippen MR) is 61.8 cm³/mol. The first-order valence-electron chi connectivity index (χ1n) is 5.27. The van der Waals surface area contributed by atoms with Gasteiger partial charge in [-0.25, -0.2) is 9.78 Å². The van der Waals surface area contributed by atoms with E-state index in [2.05, 4.69) is 4.98 Å². The number of nitro groups is 1. The van der Waals surface area contributed by atoms with Gasteiger partial charge in [0, 0.05) is 19.7 Å². The Labute approximate surface area is 110 Å². The molecule has 0 spiro atoms. The molecular weight excluding hydrogens is 283 g/mol. The van der Waals surface area contributed by atoms with E-state index in [1.54, 1.807) is 0 Å². The number of carboxylic acid groups (broad SMARTS) is 1. The van der Waals surface area contributed by atoms with Crippen molar-refractivity contribution in [2.75, 3.05) is 18.5 Å². The molecule has 0 radical (unpaired) electrons. The van der Waals surface area contributed by atoms with Gasteiger partial charge in [-0.1, -0.05) is 0 Å². The molecule has 1 aromatic rings. The summed E-state index contributed by atoms with van der Waals surface area (Å²) in [7, 11) is 1.23. The number of aromatic nitrogens is 1. The van der Waals surface area contributed by atoms with Gasteiger partial charge in [-0.15, -0.1) is 0 Å². The first-order valence-corrected chi connectivity index (χ1v) is 5.27. The van der Waals surface area contributed by atoms with Crippen molar-refractivity contribution in [1.29, 1.82) is 0 Å². The van der Waals surface area contributed by atoms with Crippen LogP contribution < -0.4 is 4.90 Å². The van der Waals surface area contributed by atoms with Gasteiger partial charge in [0.25, 0.3) is 5.69 Å². The standard InChI is InChI=1S/C10H10F3N3O4/c1-15(3-2-10(11,12)13)8-7(9(17)18)4-6(5-14-8)16(19)20/h4-5H,2-3H2,1H3,(H,17,18). The normalized spacial score (nSPS) is 11.2. The summed E-state index contributed by atoms with van der Waals surface area (Å²) in [4.78, 5) is 25.2. The Morgan fingerprint density at radius 2 is 2.15 bits per heavy atom. The lowest BCUT2D eigenvalue weighted by atomic mass is 10.2. The van der Waals surface area contributed by atoms with Crippen LogP contribution in [0.4, 0.5) is 24.7 Å². The number of hydrogen-bond acceptors (Lipinski definition) is 5. The van der Waals surface area contributed by atoms with E-state index >= 15 is 0 Å². The van der Waals surface area contributed by atoms with Crippen molar-refractivity contribution < 1.29 is 28.0 Å². The SMILES string of the molecule is CN(CCC(F)(F)F)c1ncc([N+](=O)[O-])cc1C(=O)O. The van der Waals surface area contributed by atoms with Crippen molar-refractivity contribution in [2.45, 2.75) is 12.6 Å². The summed E-state index contributed by atoms with van der Waals surface area (Å²) in [5, 5.41) is 19.5. The maximum absolute atomic E-state index is 12.1. The van der Waals surface area contributed by atoms with Crippen molar-refractivity contribution >= 4 is 17.5 Å². The first-order chi connectivity index (χ1) is 9.11. The zero-order valence-corrected chi connectivity index (χ0v) is 10.2. The van der Waals surface area contributed by atoms with Gasteiger partial charge in [0.1, 0.15) is 17.6 Å². The first kappa shape index (κ1) is 15.7. The number of carbonyl (C=O) groups is 1. The number of alkyl halides is 3. The summed E-state index contributed by atoms with van der Waals surface area (Å²) in [5.41, 5.74) is -1.07. The topological polar surface area (TPSA) is 96.6 Å². The molecule has 1 heterocycles. The fourth-order valence-electron chi connectivity index (χ4n) is 1.41. The van der Waals surface area contributed by atoms with Crippen LogP contribution in [0, 0.1) is 10.1 Å². The molecule has 0 amide bonds. The molecule has 7 nitrogen and oxygen atoms in total. The Balaban J connectivity index is 3.05. The molecule has 0 bridgehead atoms. The van der Waals surface area contributed by atoms with Gasteiger partial charge in [-0.05, 0) is 0 Å². The zero-order valence-electron chi connectivity index (χ0n) is 10.2. The van der Waals surface area contributed by atoms with Crippen LogP contribution in [-0.2, 0) is 0 Å². The monoisotopic (exact) mass is 293 g/mol. The molecule has 1 rings (SSSR count). The second kappa shape index (κ2) is 5.72. The molecule has 10 heteroatoms. The molecule has 1 aromatic heterocycles. The number of hydrogen-bond donors (Lipinski definition) is 1. The van der Waals surface area contributed by atoms with E-state index in [9.17, 15) is 28.1 Å². The second-order valence-corrected chi connectivity index (χ2v) is 3.91. The summed E-state index contributed by atoms with van der Waals surface area (Å²) in [6.07, 6.45) is -4.74. The maximum Gasteiger partial charge on any atom is 0.390 e. The van der Waals surface area contributed by atoms with Crippen molar-refractivity contribution in [3.8, 4) is 0 Å². The number of nitrogens with zero attached hydrogens (tertiary/aromatic N) is 3. The van der Waals surface area contributed by atoms with Crippen molar-refractivity contribution in [1.82, 2.24) is 4.98 Å². The molecule has 0 fully saturated rings. The number of pyridine rings is 1. The minimum atomic E-state index is -4.39. The lowest BCUT2D eigenvalue weighted by Crippen LogP contribution is -2.26. The largest absolute Gasteiger partial charge is 0.478 e. The number of halogens is 3. The van der Waals surface area contributed by atoms with Gasteiger partial charge < -0.3 is 10.0 Å².